The number of halogens is 3. The van der Waals surface area contributed by atoms with E-state index in [4.69, 9.17) is 11.3 Å². The van der Waals surface area contributed by atoms with E-state index in [2.05, 4.69) is 4.85 Å². The second-order valence-electron chi connectivity index (χ2n) is 7.89. The van der Waals surface area contributed by atoms with E-state index in [1.54, 1.807) is 32.9 Å². The molecule has 1 atom stereocenters. The number of hydrogen-bond donors (Lipinski definition) is 0. The van der Waals surface area contributed by atoms with Gasteiger partial charge in [0.25, 0.3) is 15.9 Å². The van der Waals surface area contributed by atoms with Gasteiger partial charge in [-0.3, -0.25) is 4.79 Å². The predicted molar refractivity (Wildman–Crippen MR) is 106 cm³/mol. The summed E-state index contributed by atoms with van der Waals surface area (Å²) in [5.41, 5.74) is -2.33. The van der Waals surface area contributed by atoms with Crippen molar-refractivity contribution in [2.45, 2.75) is 37.9 Å². The molecule has 1 aliphatic rings. The summed E-state index contributed by atoms with van der Waals surface area (Å²) in [6.07, 6.45) is -6.11. The van der Waals surface area contributed by atoms with Crippen LogP contribution in [-0.4, -0.2) is 31.3 Å². The molecular formula is C21H19F3N2O4S. The van der Waals surface area contributed by atoms with Gasteiger partial charge < -0.3 is 4.74 Å². The largest absolute Gasteiger partial charge is 0.480 e. The highest BCUT2D eigenvalue weighted by Gasteiger charge is 2.53. The molecule has 0 aromatic heterocycles. The van der Waals surface area contributed by atoms with Gasteiger partial charge in [0, 0.05) is 12.0 Å². The number of aryl methyl sites for hydroxylation is 1. The maximum absolute atomic E-state index is 13.2. The zero-order valence-electron chi connectivity index (χ0n) is 16.9. The fraction of sp³-hybridized carbons (Fsp3) is 0.333. The lowest BCUT2D eigenvalue weighted by atomic mass is 9.89. The van der Waals surface area contributed by atoms with Crippen molar-refractivity contribution in [1.29, 1.82) is 0 Å². The number of hydrogen-bond acceptors (Lipinski definition) is 4. The number of rotatable bonds is 4. The Morgan fingerprint density at radius 1 is 1.19 bits per heavy atom. The zero-order valence-corrected chi connectivity index (χ0v) is 17.7. The van der Waals surface area contributed by atoms with Crippen molar-refractivity contribution in [3.05, 3.63) is 65.0 Å². The van der Waals surface area contributed by atoms with Crippen molar-refractivity contribution in [3.8, 4) is 5.75 Å². The number of amides is 1. The summed E-state index contributed by atoms with van der Waals surface area (Å²) < 4.78 is 72.2. The van der Waals surface area contributed by atoms with Crippen LogP contribution in [0.5, 0.6) is 5.75 Å². The minimum atomic E-state index is -4.78. The summed E-state index contributed by atoms with van der Waals surface area (Å²) in [5, 5.41) is 0. The first kappa shape index (κ1) is 22.6. The van der Waals surface area contributed by atoms with E-state index < -0.39 is 44.9 Å². The molecule has 2 aromatic carbocycles. The molecule has 2 aromatic rings. The highest BCUT2D eigenvalue weighted by Crippen LogP contribution is 2.41. The standard InChI is InChI=1S/C21H19F3N2O4S/c1-13-7-5-6-8-17(13)31(28,29)26-12-20(2,3)18(19(26)27)30-14-9-10-16(25-4)15(11-14)21(22,23)24/h5-11,18H,12H2,1-3H3. The normalized spacial score (nSPS) is 18.7. The van der Waals surface area contributed by atoms with Crippen LogP contribution in [0.1, 0.15) is 25.0 Å². The minimum absolute atomic E-state index is 0.0273. The third-order valence-corrected chi connectivity index (χ3v) is 6.94. The van der Waals surface area contributed by atoms with E-state index in [0.29, 0.717) is 15.9 Å². The minimum Gasteiger partial charge on any atom is -0.480 e. The molecular weight excluding hydrogens is 433 g/mol. The van der Waals surface area contributed by atoms with E-state index >= 15 is 0 Å². The van der Waals surface area contributed by atoms with Crippen molar-refractivity contribution in [2.75, 3.05) is 6.54 Å². The molecule has 0 saturated carbocycles. The Hall–Kier alpha value is -3.06. The van der Waals surface area contributed by atoms with Gasteiger partial charge in [0.05, 0.1) is 17.0 Å². The van der Waals surface area contributed by atoms with E-state index in [-0.39, 0.29) is 17.2 Å². The third kappa shape index (κ3) is 4.10. The van der Waals surface area contributed by atoms with Crippen LogP contribution in [0.2, 0.25) is 0 Å². The highest BCUT2D eigenvalue weighted by atomic mass is 32.2. The Bertz CT molecular complexity index is 1180. The summed E-state index contributed by atoms with van der Waals surface area (Å²) in [6, 6.07) is 8.96. The SMILES string of the molecule is [C-]#[N+]c1ccc(OC2C(=O)N(S(=O)(=O)c3ccccc3C)CC2(C)C)cc1C(F)(F)F. The number of sulfonamides is 1. The second kappa shape index (κ2) is 7.57. The first-order valence-electron chi connectivity index (χ1n) is 9.16. The van der Waals surface area contributed by atoms with Crippen molar-refractivity contribution in [3.63, 3.8) is 0 Å². The lowest BCUT2D eigenvalue weighted by Gasteiger charge is -2.24. The lowest BCUT2D eigenvalue weighted by molar-refractivity contribution is -0.137. The maximum atomic E-state index is 13.2. The summed E-state index contributed by atoms with van der Waals surface area (Å²) in [4.78, 5) is 15.8. The second-order valence-corrected chi connectivity index (χ2v) is 9.72. The Labute approximate surface area is 178 Å². The summed E-state index contributed by atoms with van der Waals surface area (Å²) in [5.74, 6) is -1.14. The molecule has 6 nitrogen and oxygen atoms in total. The third-order valence-electron chi connectivity index (χ3n) is 5.04. The van der Waals surface area contributed by atoms with Crippen LogP contribution in [0.3, 0.4) is 0 Å². The van der Waals surface area contributed by atoms with Gasteiger partial charge in [0.15, 0.2) is 11.8 Å². The zero-order chi connectivity index (χ0) is 23.2. The predicted octanol–water partition coefficient (Wildman–Crippen LogP) is 4.57. The van der Waals surface area contributed by atoms with Gasteiger partial charge in [-0.05, 0) is 30.7 Å². The number of alkyl halides is 3. The quantitative estimate of drug-likeness (QED) is 0.638. The number of nitrogens with zero attached hydrogens (tertiary/aromatic N) is 2. The van der Waals surface area contributed by atoms with Crippen LogP contribution in [-0.2, 0) is 21.0 Å². The van der Waals surface area contributed by atoms with E-state index in [1.165, 1.54) is 12.1 Å². The van der Waals surface area contributed by atoms with Crippen LogP contribution in [0.4, 0.5) is 18.9 Å². The fourth-order valence-electron chi connectivity index (χ4n) is 3.42. The Kier molecular flexibility index (Phi) is 5.52. The van der Waals surface area contributed by atoms with Gasteiger partial charge in [-0.1, -0.05) is 38.1 Å². The molecule has 0 radical (unpaired) electrons. The average molecular weight is 452 g/mol. The number of benzene rings is 2. The van der Waals surface area contributed by atoms with Gasteiger partial charge in [-0.15, -0.1) is 0 Å². The molecule has 1 unspecified atom stereocenters. The van der Waals surface area contributed by atoms with Crippen LogP contribution < -0.4 is 4.74 Å². The molecule has 0 N–H and O–H groups in total. The summed E-state index contributed by atoms with van der Waals surface area (Å²) >= 11 is 0. The molecule has 0 aliphatic carbocycles. The summed E-state index contributed by atoms with van der Waals surface area (Å²) in [6.45, 7) is 11.5. The van der Waals surface area contributed by atoms with Crippen molar-refractivity contribution in [1.82, 2.24) is 4.31 Å². The van der Waals surface area contributed by atoms with Crippen LogP contribution in [0, 0.1) is 18.9 Å². The Morgan fingerprint density at radius 2 is 1.84 bits per heavy atom. The van der Waals surface area contributed by atoms with Crippen LogP contribution >= 0.6 is 0 Å². The topological polar surface area (TPSA) is 68.0 Å². The average Bonchev–Trinajstić information content (AvgIpc) is 2.91. The number of carbonyl (C=O) groups excluding carboxylic acids is 1. The smallest absolute Gasteiger partial charge is 0.407 e. The first-order valence-corrected chi connectivity index (χ1v) is 10.6. The van der Waals surface area contributed by atoms with E-state index in [0.717, 1.165) is 12.1 Å². The van der Waals surface area contributed by atoms with E-state index in [9.17, 15) is 26.4 Å². The van der Waals surface area contributed by atoms with E-state index in [1.807, 2.05) is 0 Å². The molecule has 1 amide bonds. The monoisotopic (exact) mass is 452 g/mol. The van der Waals surface area contributed by atoms with Gasteiger partial charge in [-0.2, -0.15) is 13.2 Å². The molecule has 1 heterocycles. The molecule has 1 aliphatic heterocycles. The molecule has 0 spiro atoms. The molecule has 10 heteroatoms. The fourth-order valence-corrected chi connectivity index (χ4v) is 5.22. The van der Waals surface area contributed by atoms with Gasteiger partial charge in [0.2, 0.25) is 0 Å². The van der Waals surface area contributed by atoms with Crippen molar-refractivity contribution in [2.24, 2.45) is 5.41 Å². The van der Waals surface area contributed by atoms with Crippen LogP contribution in [0.15, 0.2) is 47.4 Å². The molecule has 1 saturated heterocycles. The van der Waals surface area contributed by atoms with Gasteiger partial charge in [0.1, 0.15) is 5.75 Å². The number of carbonyl (C=O) groups is 1. The molecule has 1 fully saturated rings. The summed E-state index contributed by atoms with van der Waals surface area (Å²) in [7, 11) is -4.17. The molecule has 0 bridgehead atoms. The van der Waals surface area contributed by atoms with Crippen molar-refractivity contribution < 1.29 is 31.1 Å². The Morgan fingerprint density at radius 3 is 2.42 bits per heavy atom. The molecule has 3 rings (SSSR count). The van der Waals surface area contributed by atoms with Crippen LogP contribution in [0.25, 0.3) is 4.85 Å². The number of ether oxygens (including phenoxy) is 1. The van der Waals surface area contributed by atoms with Crippen molar-refractivity contribution >= 4 is 21.6 Å². The highest BCUT2D eigenvalue weighted by molar-refractivity contribution is 7.89. The molecule has 31 heavy (non-hydrogen) atoms. The van der Waals surface area contributed by atoms with Gasteiger partial charge >= 0.3 is 6.18 Å². The lowest BCUT2D eigenvalue weighted by Crippen LogP contribution is -2.38. The van der Waals surface area contributed by atoms with Gasteiger partial charge in [-0.25, -0.2) is 17.6 Å². The maximum Gasteiger partial charge on any atom is 0.407 e. The Balaban J connectivity index is 1.97. The first-order chi connectivity index (χ1) is 14.3. The molecule has 164 valence electrons.